The Kier molecular flexibility index (Phi) is 2.39. The van der Waals surface area contributed by atoms with Gasteiger partial charge in [-0.25, -0.2) is 4.79 Å². The van der Waals surface area contributed by atoms with Gasteiger partial charge >= 0.3 is 6.09 Å². The summed E-state index contributed by atoms with van der Waals surface area (Å²) in [5.74, 6) is 0. The molecule has 0 bridgehead atoms. The molecule has 0 radical (unpaired) electrons. The van der Waals surface area contributed by atoms with E-state index in [2.05, 4.69) is 0 Å². The number of fused-ring (bicyclic) bond motifs is 1. The summed E-state index contributed by atoms with van der Waals surface area (Å²) in [6, 6.07) is 0. The van der Waals surface area contributed by atoms with E-state index >= 15 is 0 Å². The van der Waals surface area contributed by atoms with Crippen LogP contribution < -0.4 is 0 Å². The topological polar surface area (TPSA) is 62.3 Å². The van der Waals surface area contributed by atoms with Gasteiger partial charge in [0.05, 0.1) is 13.1 Å². The fourth-order valence-electron chi connectivity index (χ4n) is 1.74. The molecule has 0 aromatic heterocycles. The van der Waals surface area contributed by atoms with E-state index in [1.54, 1.807) is 0 Å². The highest BCUT2D eigenvalue weighted by Gasteiger charge is 2.51. The molecule has 1 amide bonds. The van der Waals surface area contributed by atoms with E-state index in [9.17, 15) is 9.90 Å². The molecule has 2 fully saturated rings. The second kappa shape index (κ2) is 3.35. The van der Waals surface area contributed by atoms with Crippen LogP contribution in [0, 0.1) is 0 Å². The van der Waals surface area contributed by atoms with Gasteiger partial charge in [0.25, 0.3) is 0 Å². The Morgan fingerprint density at radius 1 is 1.47 bits per heavy atom. The van der Waals surface area contributed by atoms with Crippen molar-refractivity contribution in [2.24, 2.45) is 0 Å². The Labute approximate surface area is 89.0 Å². The number of rotatable bonds is 0. The molecule has 0 aliphatic carbocycles. The van der Waals surface area contributed by atoms with Crippen molar-refractivity contribution in [3.05, 3.63) is 0 Å². The van der Waals surface area contributed by atoms with Crippen LogP contribution in [-0.4, -0.2) is 53.1 Å². The normalized spacial score (nSPS) is 34.7. The van der Waals surface area contributed by atoms with Gasteiger partial charge in [0.2, 0.25) is 0 Å². The lowest BCUT2D eigenvalue weighted by Crippen LogP contribution is -2.48. The molecule has 0 spiro atoms. The molecule has 3 unspecified atom stereocenters. The third-order valence-electron chi connectivity index (χ3n) is 2.46. The molecule has 5 heteroatoms. The van der Waals surface area contributed by atoms with Crippen molar-refractivity contribution < 1.29 is 19.4 Å². The van der Waals surface area contributed by atoms with Gasteiger partial charge in [0.15, 0.2) is 0 Å². The minimum atomic E-state index is -0.573. The first-order chi connectivity index (χ1) is 6.87. The molecule has 2 aliphatic heterocycles. The molecule has 2 heterocycles. The van der Waals surface area contributed by atoms with Crippen molar-refractivity contribution in [3.8, 4) is 0 Å². The van der Waals surface area contributed by atoms with Crippen molar-refractivity contribution in [2.45, 2.75) is 44.7 Å². The third-order valence-corrected chi connectivity index (χ3v) is 2.46. The van der Waals surface area contributed by atoms with Crippen LogP contribution in [0.2, 0.25) is 0 Å². The molecule has 86 valence electrons. The third kappa shape index (κ3) is 2.41. The van der Waals surface area contributed by atoms with Crippen LogP contribution in [0.15, 0.2) is 0 Å². The zero-order valence-corrected chi connectivity index (χ0v) is 9.27. The maximum Gasteiger partial charge on any atom is 0.410 e. The predicted octanol–water partition coefficient (Wildman–Crippen LogP) is 0.365. The number of nitrogens with zero attached hydrogens (tertiary/aromatic N) is 1. The first-order valence-electron chi connectivity index (χ1n) is 5.18. The molecule has 0 saturated carbocycles. The maximum atomic E-state index is 11.7. The predicted molar refractivity (Wildman–Crippen MR) is 52.5 cm³/mol. The summed E-state index contributed by atoms with van der Waals surface area (Å²) in [5, 5.41) is 9.56. The summed E-state index contributed by atoms with van der Waals surface area (Å²) < 4.78 is 10.4. The molecule has 5 nitrogen and oxygen atoms in total. The Hall–Kier alpha value is -0.810. The van der Waals surface area contributed by atoms with Crippen molar-refractivity contribution in [1.82, 2.24) is 4.90 Å². The fraction of sp³-hybridized carbons (Fsp3) is 0.900. The number of epoxide rings is 1. The minimum absolute atomic E-state index is 0.00117. The van der Waals surface area contributed by atoms with E-state index in [1.165, 1.54) is 4.90 Å². The quantitative estimate of drug-likeness (QED) is 0.593. The number of hydrogen-bond acceptors (Lipinski definition) is 4. The first kappa shape index (κ1) is 10.7. The number of likely N-dealkylation sites (tertiary alicyclic amines) is 1. The largest absolute Gasteiger partial charge is 0.444 e. The van der Waals surface area contributed by atoms with Gasteiger partial charge in [-0.2, -0.15) is 0 Å². The van der Waals surface area contributed by atoms with Crippen LogP contribution in [0.25, 0.3) is 0 Å². The second-order valence-electron chi connectivity index (χ2n) is 5.09. The van der Waals surface area contributed by atoms with Crippen LogP contribution in [0.1, 0.15) is 20.8 Å². The number of piperidine rings is 1. The molecular formula is C10H17NO4. The van der Waals surface area contributed by atoms with Gasteiger partial charge in [-0.1, -0.05) is 0 Å². The van der Waals surface area contributed by atoms with E-state index in [-0.39, 0.29) is 18.3 Å². The number of amides is 1. The van der Waals surface area contributed by atoms with Gasteiger partial charge in [-0.05, 0) is 20.8 Å². The second-order valence-corrected chi connectivity index (χ2v) is 5.09. The van der Waals surface area contributed by atoms with Crippen molar-refractivity contribution in [2.75, 3.05) is 13.1 Å². The van der Waals surface area contributed by atoms with Crippen LogP contribution >= 0.6 is 0 Å². The Morgan fingerprint density at radius 3 is 2.67 bits per heavy atom. The lowest BCUT2D eigenvalue weighted by Gasteiger charge is -2.30. The van der Waals surface area contributed by atoms with E-state index in [4.69, 9.17) is 9.47 Å². The van der Waals surface area contributed by atoms with Gasteiger partial charge in [-0.15, -0.1) is 0 Å². The average Bonchev–Trinajstić information content (AvgIpc) is 2.79. The lowest BCUT2D eigenvalue weighted by molar-refractivity contribution is 0.00909. The van der Waals surface area contributed by atoms with Gasteiger partial charge in [-0.3, -0.25) is 0 Å². The SMILES string of the molecule is CC(C)(C)OC(=O)N1CC(O)C2OC2C1. The number of carbonyl (C=O) groups is 1. The number of aliphatic hydroxyl groups excluding tert-OH is 1. The maximum absolute atomic E-state index is 11.7. The summed E-state index contributed by atoms with van der Waals surface area (Å²) >= 11 is 0. The van der Waals surface area contributed by atoms with Crippen molar-refractivity contribution >= 4 is 6.09 Å². The summed E-state index contributed by atoms with van der Waals surface area (Å²) in [6.07, 6.45) is -1.02. The number of carbonyl (C=O) groups excluding carboxylic acids is 1. The van der Waals surface area contributed by atoms with Gasteiger partial charge in [0.1, 0.15) is 23.9 Å². The average molecular weight is 215 g/mol. The lowest BCUT2D eigenvalue weighted by atomic mass is 10.1. The molecule has 15 heavy (non-hydrogen) atoms. The molecule has 2 rings (SSSR count). The summed E-state index contributed by atoms with van der Waals surface area (Å²) in [6.45, 7) is 6.29. The molecule has 0 aromatic rings. The molecule has 3 atom stereocenters. The molecule has 2 saturated heterocycles. The van der Waals surface area contributed by atoms with Crippen LogP contribution in [0.4, 0.5) is 4.79 Å². The van der Waals surface area contributed by atoms with E-state index in [0.29, 0.717) is 13.1 Å². The number of ether oxygens (including phenoxy) is 2. The van der Waals surface area contributed by atoms with Crippen LogP contribution in [0.3, 0.4) is 0 Å². The monoisotopic (exact) mass is 215 g/mol. The molecule has 2 aliphatic rings. The first-order valence-corrected chi connectivity index (χ1v) is 5.18. The Bertz CT molecular complexity index is 273. The van der Waals surface area contributed by atoms with E-state index in [0.717, 1.165) is 0 Å². The zero-order valence-electron chi connectivity index (χ0n) is 9.27. The van der Waals surface area contributed by atoms with Crippen molar-refractivity contribution in [1.29, 1.82) is 0 Å². The number of aliphatic hydroxyl groups is 1. The highest BCUT2D eigenvalue weighted by Crippen LogP contribution is 2.31. The molecule has 1 N–H and O–H groups in total. The minimum Gasteiger partial charge on any atom is -0.444 e. The molecular weight excluding hydrogens is 198 g/mol. The number of β-amino-alcohol motifs (C(OH)–C–C–N with tert-alkyl or cyclic N) is 1. The summed E-state index contributed by atoms with van der Waals surface area (Å²) in [7, 11) is 0. The fourth-order valence-corrected chi connectivity index (χ4v) is 1.74. The summed E-state index contributed by atoms with van der Waals surface area (Å²) in [4.78, 5) is 13.2. The zero-order chi connectivity index (χ0) is 11.2. The Morgan fingerprint density at radius 2 is 2.13 bits per heavy atom. The highest BCUT2D eigenvalue weighted by atomic mass is 16.6. The van der Waals surface area contributed by atoms with E-state index in [1.807, 2.05) is 20.8 Å². The van der Waals surface area contributed by atoms with Crippen LogP contribution in [0.5, 0.6) is 0 Å². The van der Waals surface area contributed by atoms with Gasteiger partial charge in [0, 0.05) is 0 Å². The Balaban J connectivity index is 1.90. The van der Waals surface area contributed by atoms with E-state index < -0.39 is 11.7 Å². The smallest absolute Gasteiger partial charge is 0.410 e. The van der Waals surface area contributed by atoms with Gasteiger partial charge < -0.3 is 19.5 Å². The molecule has 0 aromatic carbocycles. The van der Waals surface area contributed by atoms with Crippen LogP contribution in [-0.2, 0) is 9.47 Å². The standard InChI is InChI=1S/C10H17NO4/c1-10(2,3)15-9(13)11-4-6(12)8-7(5-11)14-8/h6-8,12H,4-5H2,1-3H3. The number of hydrogen-bond donors (Lipinski definition) is 1. The summed E-state index contributed by atoms with van der Waals surface area (Å²) in [5.41, 5.74) is -0.497. The van der Waals surface area contributed by atoms with Crippen molar-refractivity contribution in [3.63, 3.8) is 0 Å². The highest BCUT2D eigenvalue weighted by molar-refractivity contribution is 5.68.